The number of alkyl halides is 3. The van der Waals surface area contributed by atoms with E-state index >= 15 is 0 Å². The second-order valence-electron chi connectivity index (χ2n) is 6.38. The van der Waals surface area contributed by atoms with E-state index < -0.39 is 52.6 Å². The zero-order valence-electron chi connectivity index (χ0n) is 14.8. The van der Waals surface area contributed by atoms with E-state index in [9.17, 15) is 31.5 Å². The predicted molar refractivity (Wildman–Crippen MR) is 95.7 cm³/mol. The summed E-state index contributed by atoms with van der Waals surface area (Å²) in [7, 11) is 0. The first-order valence-electron chi connectivity index (χ1n) is 8.50. The van der Waals surface area contributed by atoms with Crippen LogP contribution in [0, 0.1) is 11.6 Å². The molecule has 0 amide bonds. The van der Waals surface area contributed by atoms with Gasteiger partial charge in [0, 0.05) is 35.7 Å². The molecular formula is C21H14F5NO2. The van der Waals surface area contributed by atoms with E-state index in [1.165, 1.54) is 12.3 Å². The summed E-state index contributed by atoms with van der Waals surface area (Å²) in [5.41, 5.74) is -1.50. The molecule has 0 fully saturated rings. The Labute approximate surface area is 161 Å². The minimum atomic E-state index is -4.57. The van der Waals surface area contributed by atoms with Crippen molar-refractivity contribution in [3.8, 4) is 0 Å². The third-order valence-electron chi connectivity index (χ3n) is 4.48. The molecule has 3 rings (SSSR count). The van der Waals surface area contributed by atoms with Crippen molar-refractivity contribution in [3.63, 3.8) is 0 Å². The summed E-state index contributed by atoms with van der Waals surface area (Å²) in [4.78, 5) is 26.1. The molecule has 2 aromatic carbocycles. The average molecular weight is 407 g/mol. The van der Waals surface area contributed by atoms with Crippen molar-refractivity contribution in [1.82, 2.24) is 4.98 Å². The Bertz CT molecular complexity index is 1050. The zero-order valence-corrected chi connectivity index (χ0v) is 14.8. The lowest BCUT2D eigenvalue weighted by molar-refractivity contribution is -0.137. The highest BCUT2D eigenvalue weighted by Crippen LogP contribution is 2.35. The number of hydrogen-bond acceptors (Lipinski definition) is 2. The van der Waals surface area contributed by atoms with Crippen molar-refractivity contribution in [2.75, 3.05) is 0 Å². The Hall–Kier alpha value is -3.29. The second kappa shape index (κ2) is 7.98. The lowest BCUT2D eigenvalue weighted by Gasteiger charge is -2.19. The van der Waals surface area contributed by atoms with E-state index in [-0.39, 0.29) is 11.1 Å². The fourth-order valence-corrected chi connectivity index (χ4v) is 3.02. The minimum absolute atomic E-state index is 0.109. The molecule has 0 saturated heterocycles. The van der Waals surface area contributed by atoms with Gasteiger partial charge in [0.2, 0.25) is 5.56 Å². The summed E-state index contributed by atoms with van der Waals surface area (Å²) in [6, 6.07) is 9.37. The van der Waals surface area contributed by atoms with Crippen molar-refractivity contribution in [2.45, 2.75) is 18.5 Å². The zero-order chi connectivity index (χ0) is 21.2. The number of nitrogens with one attached hydrogen (secondary N) is 1. The van der Waals surface area contributed by atoms with E-state index in [2.05, 4.69) is 4.98 Å². The van der Waals surface area contributed by atoms with Gasteiger partial charge in [-0.3, -0.25) is 9.59 Å². The molecule has 8 heteroatoms. The van der Waals surface area contributed by atoms with Crippen LogP contribution in [-0.4, -0.2) is 10.8 Å². The fraction of sp³-hybridized carbons (Fsp3) is 0.143. The SMILES string of the molecule is O=C(C[C@@H](c1ccc(C(F)(F)F)cc1)c1c(F)cccc1F)c1ccc(=O)[nH]c1. The number of pyridine rings is 1. The molecule has 1 atom stereocenters. The van der Waals surface area contributed by atoms with Crippen LogP contribution in [-0.2, 0) is 6.18 Å². The number of aromatic nitrogens is 1. The summed E-state index contributed by atoms with van der Waals surface area (Å²) in [6.45, 7) is 0. The van der Waals surface area contributed by atoms with E-state index in [0.717, 1.165) is 48.5 Å². The molecule has 1 heterocycles. The lowest BCUT2D eigenvalue weighted by Crippen LogP contribution is -2.14. The first-order valence-corrected chi connectivity index (χ1v) is 8.50. The number of H-pyrrole nitrogens is 1. The van der Waals surface area contributed by atoms with Gasteiger partial charge in [-0.25, -0.2) is 8.78 Å². The number of Topliss-reactive ketones (excluding diaryl/α,β-unsaturated/α-hetero) is 1. The number of rotatable bonds is 5. The molecule has 1 aromatic heterocycles. The quantitative estimate of drug-likeness (QED) is 0.474. The Morgan fingerprint density at radius 1 is 0.931 bits per heavy atom. The van der Waals surface area contributed by atoms with Crippen LogP contribution in [0.4, 0.5) is 22.0 Å². The molecule has 150 valence electrons. The standard InChI is InChI=1S/C21H14F5NO2/c22-16-2-1-3-17(23)20(16)15(10-18(28)13-6-9-19(29)27-11-13)12-4-7-14(8-5-12)21(24,25)26/h1-9,11,15H,10H2,(H,27,29)/t15-/m0/s1. The van der Waals surface area contributed by atoms with Crippen molar-refractivity contribution in [1.29, 1.82) is 0 Å². The highest BCUT2D eigenvalue weighted by molar-refractivity contribution is 5.96. The summed E-state index contributed by atoms with van der Waals surface area (Å²) in [5.74, 6) is -3.51. The summed E-state index contributed by atoms with van der Waals surface area (Å²) in [6.07, 6.45) is -3.80. The number of benzene rings is 2. The van der Waals surface area contributed by atoms with Gasteiger partial charge in [0.05, 0.1) is 5.56 Å². The van der Waals surface area contributed by atoms with E-state index in [1.54, 1.807) is 0 Å². The minimum Gasteiger partial charge on any atom is -0.328 e. The maximum atomic E-state index is 14.4. The monoisotopic (exact) mass is 407 g/mol. The predicted octanol–water partition coefficient (Wildman–Crippen LogP) is 5.08. The van der Waals surface area contributed by atoms with Crippen molar-refractivity contribution < 1.29 is 26.7 Å². The second-order valence-corrected chi connectivity index (χ2v) is 6.38. The topological polar surface area (TPSA) is 49.9 Å². The Morgan fingerprint density at radius 3 is 2.07 bits per heavy atom. The smallest absolute Gasteiger partial charge is 0.328 e. The highest BCUT2D eigenvalue weighted by atomic mass is 19.4. The molecule has 0 aliphatic heterocycles. The Balaban J connectivity index is 2.03. The van der Waals surface area contributed by atoms with Crippen LogP contribution in [0.5, 0.6) is 0 Å². The molecule has 0 unspecified atom stereocenters. The summed E-state index contributed by atoms with van der Waals surface area (Å²) < 4.78 is 67.3. The highest BCUT2D eigenvalue weighted by Gasteiger charge is 2.31. The van der Waals surface area contributed by atoms with Crippen LogP contribution < -0.4 is 5.56 Å². The molecular weight excluding hydrogens is 393 g/mol. The third kappa shape index (κ3) is 4.59. The normalized spacial score (nSPS) is 12.6. The van der Waals surface area contributed by atoms with Crippen LogP contribution in [0.25, 0.3) is 0 Å². The Kier molecular flexibility index (Phi) is 5.63. The van der Waals surface area contributed by atoms with Crippen LogP contribution in [0.3, 0.4) is 0 Å². The Morgan fingerprint density at radius 2 is 1.55 bits per heavy atom. The van der Waals surface area contributed by atoms with Crippen molar-refractivity contribution in [2.24, 2.45) is 0 Å². The lowest BCUT2D eigenvalue weighted by atomic mass is 9.85. The van der Waals surface area contributed by atoms with Gasteiger partial charge < -0.3 is 4.98 Å². The number of hydrogen-bond donors (Lipinski definition) is 1. The van der Waals surface area contributed by atoms with E-state index in [4.69, 9.17) is 0 Å². The average Bonchev–Trinajstić information content (AvgIpc) is 2.67. The van der Waals surface area contributed by atoms with Crippen LogP contribution in [0.1, 0.15) is 39.4 Å². The van der Waals surface area contributed by atoms with Crippen LogP contribution in [0.2, 0.25) is 0 Å². The first kappa shape index (κ1) is 20.4. The molecule has 0 radical (unpaired) electrons. The largest absolute Gasteiger partial charge is 0.416 e. The molecule has 0 spiro atoms. The van der Waals surface area contributed by atoms with Gasteiger partial charge in [-0.2, -0.15) is 13.2 Å². The molecule has 1 N–H and O–H groups in total. The van der Waals surface area contributed by atoms with Gasteiger partial charge in [-0.05, 0) is 35.9 Å². The molecule has 0 bridgehead atoms. The van der Waals surface area contributed by atoms with Gasteiger partial charge in [0.1, 0.15) is 11.6 Å². The molecule has 0 saturated carbocycles. The third-order valence-corrected chi connectivity index (χ3v) is 4.48. The number of ketones is 1. The molecule has 0 aliphatic rings. The maximum Gasteiger partial charge on any atom is 0.416 e. The van der Waals surface area contributed by atoms with Gasteiger partial charge in [-0.1, -0.05) is 18.2 Å². The number of carbonyl (C=O) groups excluding carboxylic acids is 1. The number of aromatic amines is 1. The van der Waals surface area contributed by atoms with E-state index in [1.807, 2.05) is 0 Å². The molecule has 0 aliphatic carbocycles. The van der Waals surface area contributed by atoms with Gasteiger partial charge in [0.25, 0.3) is 0 Å². The molecule has 3 nitrogen and oxygen atoms in total. The van der Waals surface area contributed by atoms with Gasteiger partial charge in [0.15, 0.2) is 5.78 Å². The summed E-state index contributed by atoms with van der Waals surface area (Å²) >= 11 is 0. The fourth-order valence-electron chi connectivity index (χ4n) is 3.02. The maximum absolute atomic E-state index is 14.4. The molecule has 29 heavy (non-hydrogen) atoms. The van der Waals surface area contributed by atoms with E-state index in [0.29, 0.717) is 0 Å². The van der Waals surface area contributed by atoms with Gasteiger partial charge in [-0.15, -0.1) is 0 Å². The number of halogens is 5. The molecule has 3 aromatic rings. The van der Waals surface area contributed by atoms with Crippen LogP contribution in [0.15, 0.2) is 65.6 Å². The summed E-state index contributed by atoms with van der Waals surface area (Å²) in [5, 5.41) is 0. The van der Waals surface area contributed by atoms with Crippen LogP contribution >= 0.6 is 0 Å². The first-order chi connectivity index (χ1) is 13.7. The van der Waals surface area contributed by atoms with Gasteiger partial charge >= 0.3 is 6.18 Å². The van der Waals surface area contributed by atoms with Crippen molar-refractivity contribution >= 4 is 5.78 Å². The number of carbonyl (C=O) groups is 1. The van der Waals surface area contributed by atoms with Crippen molar-refractivity contribution in [3.05, 3.63) is 105 Å².